The van der Waals surface area contributed by atoms with Crippen LogP contribution in [0, 0.1) is 0 Å². The highest BCUT2D eigenvalue weighted by atomic mass is 35.5. The van der Waals surface area contributed by atoms with Crippen molar-refractivity contribution < 1.29 is 14.3 Å². The Labute approximate surface area is 183 Å². The van der Waals surface area contributed by atoms with Crippen molar-refractivity contribution in [1.29, 1.82) is 0 Å². The summed E-state index contributed by atoms with van der Waals surface area (Å²) in [4.78, 5) is 16.6. The van der Waals surface area contributed by atoms with Crippen molar-refractivity contribution in [1.82, 2.24) is 9.80 Å². The predicted octanol–water partition coefficient (Wildman–Crippen LogP) is 4.49. The summed E-state index contributed by atoms with van der Waals surface area (Å²) in [5, 5.41) is 3.70. The van der Waals surface area contributed by atoms with E-state index in [-0.39, 0.29) is 18.2 Å². The van der Waals surface area contributed by atoms with E-state index in [1.165, 1.54) is 0 Å². The zero-order valence-electron chi connectivity index (χ0n) is 17.8. The highest BCUT2D eigenvalue weighted by molar-refractivity contribution is 6.30. The lowest BCUT2D eigenvalue weighted by Crippen LogP contribution is -2.45. The fraction of sp³-hybridized carbons (Fsp3) is 0.435. The summed E-state index contributed by atoms with van der Waals surface area (Å²) in [5.41, 5.74) is 1.93. The van der Waals surface area contributed by atoms with Gasteiger partial charge in [0.05, 0.1) is 18.8 Å². The molecule has 2 amide bonds. The van der Waals surface area contributed by atoms with E-state index in [0.29, 0.717) is 18.2 Å². The van der Waals surface area contributed by atoms with Crippen molar-refractivity contribution in [2.24, 2.45) is 0 Å². The maximum Gasteiger partial charge on any atom is 0.321 e. The lowest BCUT2D eigenvalue weighted by Gasteiger charge is -2.35. The van der Waals surface area contributed by atoms with Gasteiger partial charge >= 0.3 is 6.03 Å². The first-order chi connectivity index (χ1) is 14.4. The van der Waals surface area contributed by atoms with E-state index in [4.69, 9.17) is 21.1 Å². The van der Waals surface area contributed by atoms with Crippen LogP contribution < -0.4 is 10.1 Å². The highest BCUT2D eigenvalue weighted by Crippen LogP contribution is 2.21. The fourth-order valence-corrected chi connectivity index (χ4v) is 3.70. The SMILES string of the molecule is CC1CN(Cc2ccccc2NC(=O)N(C)CCOc2ccc(Cl)cc2)CC(C)O1. The molecule has 7 heteroatoms. The number of nitrogens with one attached hydrogen (secondary N) is 1. The topological polar surface area (TPSA) is 54.0 Å². The predicted molar refractivity (Wildman–Crippen MR) is 120 cm³/mol. The summed E-state index contributed by atoms with van der Waals surface area (Å²) in [6.45, 7) is 7.60. The van der Waals surface area contributed by atoms with Gasteiger partial charge in [0.15, 0.2) is 0 Å². The number of hydrogen-bond acceptors (Lipinski definition) is 4. The van der Waals surface area contributed by atoms with Gasteiger partial charge in [-0.05, 0) is 49.7 Å². The molecule has 1 aliphatic heterocycles. The molecule has 2 aromatic carbocycles. The van der Waals surface area contributed by atoms with E-state index < -0.39 is 0 Å². The summed E-state index contributed by atoms with van der Waals surface area (Å²) in [7, 11) is 1.76. The Balaban J connectivity index is 1.52. The van der Waals surface area contributed by atoms with E-state index in [2.05, 4.69) is 30.1 Å². The second-order valence-corrected chi connectivity index (χ2v) is 8.20. The van der Waals surface area contributed by atoms with Crippen molar-refractivity contribution in [3.8, 4) is 5.75 Å². The smallest absolute Gasteiger partial charge is 0.321 e. The molecule has 0 aromatic heterocycles. The van der Waals surface area contributed by atoms with Gasteiger partial charge < -0.3 is 19.7 Å². The van der Waals surface area contributed by atoms with E-state index >= 15 is 0 Å². The fourth-order valence-electron chi connectivity index (χ4n) is 3.58. The van der Waals surface area contributed by atoms with Crippen LogP contribution in [0.3, 0.4) is 0 Å². The number of carbonyl (C=O) groups excluding carboxylic acids is 1. The van der Waals surface area contributed by atoms with Crippen LogP contribution in [0.15, 0.2) is 48.5 Å². The molecule has 0 bridgehead atoms. The first-order valence-corrected chi connectivity index (χ1v) is 10.6. The number of amides is 2. The number of urea groups is 1. The maximum atomic E-state index is 12.7. The Morgan fingerprint density at radius 2 is 1.83 bits per heavy atom. The van der Waals surface area contributed by atoms with Crippen LogP contribution in [-0.4, -0.2) is 61.3 Å². The Morgan fingerprint density at radius 3 is 2.53 bits per heavy atom. The van der Waals surface area contributed by atoms with Crippen LogP contribution in [-0.2, 0) is 11.3 Å². The number of anilines is 1. The molecule has 0 saturated carbocycles. The number of halogens is 1. The largest absolute Gasteiger partial charge is 0.492 e. The van der Waals surface area contributed by atoms with Crippen molar-refractivity contribution in [2.45, 2.75) is 32.6 Å². The number of ether oxygens (including phenoxy) is 2. The van der Waals surface area contributed by atoms with Crippen molar-refractivity contribution in [3.63, 3.8) is 0 Å². The van der Waals surface area contributed by atoms with Crippen LogP contribution in [0.5, 0.6) is 5.75 Å². The third-order valence-electron chi connectivity index (χ3n) is 5.00. The first-order valence-electron chi connectivity index (χ1n) is 10.3. The summed E-state index contributed by atoms with van der Waals surface area (Å²) in [6, 6.07) is 15.0. The molecule has 0 radical (unpaired) electrons. The van der Waals surface area contributed by atoms with Gasteiger partial charge in [-0.3, -0.25) is 4.90 Å². The number of para-hydroxylation sites is 1. The lowest BCUT2D eigenvalue weighted by molar-refractivity contribution is -0.0704. The normalized spacial score (nSPS) is 19.3. The number of carbonyl (C=O) groups is 1. The number of nitrogens with zero attached hydrogens (tertiary/aromatic N) is 2. The molecule has 1 heterocycles. The number of morpholine rings is 1. The Kier molecular flexibility index (Phi) is 7.96. The van der Waals surface area contributed by atoms with Crippen LogP contribution >= 0.6 is 11.6 Å². The maximum absolute atomic E-state index is 12.7. The molecule has 0 aliphatic carbocycles. The highest BCUT2D eigenvalue weighted by Gasteiger charge is 2.23. The summed E-state index contributed by atoms with van der Waals surface area (Å²) < 4.78 is 11.5. The number of rotatable bonds is 7. The number of benzene rings is 2. The molecular weight excluding hydrogens is 402 g/mol. The molecule has 162 valence electrons. The van der Waals surface area contributed by atoms with E-state index in [1.807, 2.05) is 30.3 Å². The summed E-state index contributed by atoms with van der Waals surface area (Å²) in [5.74, 6) is 0.729. The zero-order chi connectivity index (χ0) is 21.5. The summed E-state index contributed by atoms with van der Waals surface area (Å²) >= 11 is 5.88. The summed E-state index contributed by atoms with van der Waals surface area (Å²) in [6.07, 6.45) is 0.421. The zero-order valence-corrected chi connectivity index (χ0v) is 18.6. The molecule has 1 fully saturated rings. The second-order valence-electron chi connectivity index (χ2n) is 7.76. The molecule has 2 atom stereocenters. The van der Waals surface area contributed by atoms with Gasteiger partial charge in [0.1, 0.15) is 12.4 Å². The van der Waals surface area contributed by atoms with Gasteiger partial charge in [-0.2, -0.15) is 0 Å². The van der Waals surface area contributed by atoms with Gasteiger partial charge in [-0.25, -0.2) is 4.79 Å². The minimum absolute atomic E-state index is 0.161. The monoisotopic (exact) mass is 431 g/mol. The average molecular weight is 432 g/mol. The molecule has 1 saturated heterocycles. The Bertz CT molecular complexity index is 821. The van der Waals surface area contributed by atoms with Gasteiger partial charge in [0.25, 0.3) is 0 Å². The number of likely N-dealkylation sites (N-methyl/N-ethyl adjacent to an activating group) is 1. The van der Waals surface area contributed by atoms with Gasteiger partial charge in [0, 0.05) is 37.4 Å². The second kappa shape index (κ2) is 10.7. The van der Waals surface area contributed by atoms with Crippen LogP contribution in [0.4, 0.5) is 10.5 Å². The molecule has 2 aromatic rings. The molecule has 1 aliphatic rings. The Hall–Kier alpha value is -2.28. The molecule has 3 rings (SSSR count). The first kappa shape index (κ1) is 22.4. The third-order valence-corrected chi connectivity index (χ3v) is 5.26. The molecule has 6 nitrogen and oxygen atoms in total. The molecule has 30 heavy (non-hydrogen) atoms. The Morgan fingerprint density at radius 1 is 1.17 bits per heavy atom. The molecule has 2 unspecified atom stereocenters. The van der Waals surface area contributed by atoms with Crippen molar-refractivity contribution in [3.05, 3.63) is 59.1 Å². The van der Waals surface area contributed by atoms with Crippen LogP contribution in [0.2, 0.25) is 5.02 Å². The van der Waals surface area contributed by atoms with E-state index in [1.54, 1.807) is 24.1 Å². The molecule has 1 N–H and O–H groups in total. The van der Waals surface area contributed by atoms with Crippen LogP contribution in [0.25, 0.3) is 0 Å². The van der Waals surface area contributed by atoms with Gasteiger partial charge in [-0.1, -0.05) is 29.8 Å². The molecule has 0 spiro atoms. The van der Waals surface area contributed by atoms with Crippen molar-refractivity contribution >= 4 is 23.3 Å². The molecular formula is C23H30ClN3O3. The third kappa shape index (κ3) is 6.62. The van der Waals surface area contributed by atoms with Crippen LogP contribution in [0.1, 0.15) is 19.4 Å². The quantitative estimate of drug-likeness (QED) is 0.701. The average Bonchev–Trinajstić information content (AvgIpc) is 2.70. The van der Waals surface area contributed by atoms with Gasteiger partial charge in [-0.15, -0.1) is 0 Å². The van der Waals surface area contributed by atoms with Crippen molar-refractivity contribution in [2.75, 3.05) is 38.6 Å². The minimum atomic E-state index is -0.161. The van der Waals surface area contributed by atoms with E-state index in [9.17, 15) is 4.79 Å². The number of hydrogen-bond donors (Lipinski definition) is 1. The standard InChI is InChI=1S/C23H30ClN3O3/c1-17-14-27(15-18(2)30-17)16-19-6-4-5-7-22(19)25-23(28)26(3)12-13-29-21-10-8-20(24)9-11-21/h4-11,17-18H,12-16H2,1-3H3,(H,25,28). The lowest BCUT2D eigenvalue weighted by atomic mass is 10.1. The van der Waals surface area contributed by atoms with E-state index in [0.717, 1.165) is 36.6 Å². The van der Waals surface area contributed by atoms with Gasteiger partial charge in [0.2, 0.25) is 0 Å². The minimum Gasteiger partial charge on any atom is -0.492 e.